The molecule has 0 fully saturated rings. The van der Waals surface area contributed by atoms with Crippen molar-refractivity contribution in [1.29, 1.82) is 0 Å². The fourth-order valence-electron chi connectivity index (χ4n) is 0.861. The first-order valence-electron chi connectivity index (χ1n) is 3.67. The molecule has 0 aliphatic carbocycles. The van der Waals surface area contributed by atoms with Gasteiger partial charge in [0.25, 0.3) is 5.92 Å². The number of aliphatic hydroxyl groups is 1. The highest BCUT2D eigenvalue weighted by Gasteiger charge is 2.32. The Kier molecular flexibility index (Phi) is 3.17. The van der Waals surface area contributed by atoms with Gasteiger partial charge in [-0.25, -0.2) is 0 Å². The molecule has 2 nitrogen and oxygen atoms in total. The summed E-state index contributed by atoms with van der Waals surface area (Å²) in [5.41, 5.74) is -0.369. The molecule has 0 spiro atoms. The third-order valence-electron chi connectivity index (χ3n) is 1.53. The molecule has 5 heteroatoms. The van der Waals surface area contributed by atoms with Crippen LogP contribution in [0.1, 0.15) is 12.1 Å². The maximum Gasteiger partial charge on any atom is 0.291 e. The fourth-order valence-corrected chi connectivity index (χ4v) is 0.972. The van der Waals surface area contributed by atoms with Crippen LogP contribution in [0, 0.1) is 0 Å². The summed E-state index contributed by atoms with van der Waals surface area (Å²) in [6.07, 6.45) is 0.532. The van der Waals surface area contributed by atoms with E-state index in [9.17, 15) is 8.78 Å². The number of aliphatic hydroxyl groups excluding tert-OH is 1. The van der Waals surface area contributed by atoms with E-state index in [2.05, 4.69) is 4.98 Å². The van der Waals surface area contributed by atoms with E-state index < -0.39 is 19.0 Å². The first-order valence-corrected chi connectivity index (χ1v) is 4.05. The van der Waals surface area contributed by atoms with Gasteiger partial charge in [0.2, 0.25) is 0 Å². The van der Waals surface area contributed by atoms with Gasteiger partial charge in [-0.15, -0.1) is 0 Å². The lowest BCUT2D eigenvalue weighted by atomic mass is 10.1. The zero-order valence-electron chi connectivity index (χ0n) is 6.67. The predicted molar refractivity (Wildman–Crippen MR) is 44.8 cm³/mol. The Morgan fingerprint density at radius 2 is 2.15 bits per heavy atom. The molecule has 0 atom stereocenters. The molecular formula is C8H8ClF2NO. The van der Waals surface area contributed by atoms with Gasteiger partial charge in [-0.2, -0.15) is 8.78 Å². The molecule has 0 aromatic carbocycles. The van der Waals surface area contributed by atoms with Crippen molar-refractivity contribution in [2.75, 3.05) is 6.61 Å². The highest BCUT2D eigenvalue weighted by molar-refractivity contribution is 6.30. The summed E-state index contributed by atoms with van der Waals surface area (Å²) in [4.78, 5) is 3.48. The van der Waals surface area contributed by atoms with Gasteiger partial charge in [-0.05, 0) is 12.1 Å². The van der Waals surface area contributed by atoms with Crippen LogP contribution in [0.5, 0.6) is 0 Å². The second-order valence-corrected chi connectivity index (χ2v) is 2.98. The van der Waals surface area contributed by atoms with Crippen molar-refractivity contribution in [2.45, 2.75) is 12.3 Å². The van der Waals surface area contributed by atoms with Gasteiger partial charge < -0.3 is 5.11 Å². The Morgan fingerprint density at radius 3 is 2.62 bits per heavy atom. The fraction of sp³-hybridized carbons (Fsp3) is 0.375. The summed E-state index contributed by atoms with van der Waals surface area (Å²) in [5, 5.41) is 8.69. The van der Waals surface area contributed by atoms with Crippen molar-refractivity contribution in [3.63, 3.8) is 0 Å². The Balaban J connectivity index is 2.87. The van der Waals surface area contributed by atoms with Crippen LogP contribution in [0.2, 0.25) is 5.02 Å². The molecule has 0 radical (unpaired) electrons. The number of pyridine rings is 1. The highest BCUT2D eigenvalue weighted by atomic mass is 35.5. The second-order valence-electron chi connectivity index (χ2n) is 2.54. The minimum absolute atomic E-state index is 0.309. The normalized spacial score (nSPS) is 11.7. The zero-order chi connectivity index (χ0) is 9.90. The van der Waals surface area contributed by atoms with Crippen molar-refractivity contribution in [3.05, 3.63) is 29.0 Å². The Morgan fingerprint density at radius 1 is 1.46 bits per heavy atom. The van der Waals surface area contributed by atoms with Crippen LogP contribution in [-0.2, 0) is 5.92 Å². The van der Waals surface area contributed by atoms with Crippen LogP contribution in [0.3, 0.4) is 0 Å². The molecule has 1 heterocycles. The Hall–Kier alpha value is -0.740. The number of rotatable bonds is 3. The Bertz CT molecular complexity index is 276. The first-order chi connectivity index (χ1) is 6.06. The molecule has 1 rings (SSSR count). The van der Waals surface area contributed by atoms with E-state index in [-0.39, 0.29) is 5.69 Å². The maximum atomic E-state index is 13.0. The molecule has 1 N–H and O–H groups in total. The summed E-state index contributed by atoms with van der Waals surface area (Å²) >= 11 is 5.48. The number of hydrogen-bond acceptors (Lipinski definition) is 2. The van der Waals surface area contributed by atoms with E-state index >= 15 is 0 Å². The molecule has 13 heavy (non-hydrogen) atoms. The molecule has 0 saturated heterocycles. The topological polar surface area (TPSA) is 33.1 Å². The van der Waals surface area contributed by atoms with Crippen LogP contribution < -0.4 is 0 Å². The maximum absolute atomic E-state index is 13.0. The summed E-state index contributed by atoms with van der Waals surface area (Å²) in [6, 6.07) is 2.49. The van der Waals surface area contributed by atoms with Gasteiger partial charge in [-0.1, -0.05) is 11.6 Å². The van der Waals surface area contributed by atoms with E-state index in [4.69, 9.17) is 16.7 Å². The smallest absolute Gasteiger partial charge is 0.291 e. The minimum atomic E-state index is -3.08. The summed E-state index contributed by atoms with van der Waals surface area (Å²) < 4.78 is 26.0. The molecule has 0 saturated carbocycles. The minimum Gasteiger partial charge on any atom is -0.396 e. The van der Waals surface area contributed by atoms with Crippen molar-refractivity contribution < 1.29 is 13.9 Å². The van der Waals surface area contributed by atoms with Crippen LogP contribution in [0.25, 0.3) is 0 Å². The quantitative estimate of drug-likeness (QED) is 0.825. The molecule has 1 aromatic heterocycles. The van der Waals surface area contributed by atoms with Gasteiger partial charge >= 0.3 is 0 Å². The standard InChI is InChI=1S/C8H8ClF2NO/c9-6-1-2-7(12-5-6)8(10,11)3-4-13/h1-2,5,13H,3-4H2. The highest BCUT2D eigenvalue weighted by Crippen LogP contribution is 2.29. The monoisotopic (exact) mass is 207 g/mol. The van der Waals surface area contributed by atoms with E-state index in [1.807, 2.05) is 0 Å². The molecule has 0 bridgehead atoms. The van der Waals surface area contributed by atoms with E-state index in [1.165, 1.54) is 6.07 Å². The molecule has 1 aromatic rings. The van der Waals surface area contributed by atoms with Gasteiger partial charge in [0.1, 0.15) is 5.69 Å². The Labute approximate surface area is 79.2 Å². The van der Waals surface area contributed by atoms with Gasteiger partial charge in [-0.3, -0.25) is 4.98 Å². The van der Waals surface area contributed by atoms with E-state index in [0.717, 1.165) is 12.3 Å². The largest absolute Gasteiger partial charge is 0.396 e. The van der Waals surface area contributed by atoms with Crippen LogP contribution in [-0.4, -0.2) is 16.7 Å². The lowest BCUT2D eigenvalue weighted by Crippen LogP contribution is -2.16. The van der Waals surface area contributed by atoms with E-state index in [1.54, 1.807) is 0 Å². The average Bonchev–Trinajstić information content (AvgIpc) is 2.05. The number of halogens is 3. The summed E-state index contributed by atoms with van der Waals surface area (Å²) in [6.45, 7) is -0.572. The van der Waals surface area contributed by atoms with E-state index in [0.29, 0.717) is 5.02 Å². The lowest BCUT2D eigenvalue weighted by Gasteiger charge is -2.13. The predicted octanol–water partition coefficient (Wildman–Crippen LogP) is 2.21. The number of nitrogens with zero attached hydrogens (tertiary/aromatic N) is 1. The molecule has 0 unspecified atom stereocenters. The van der Waals surface area contributed by atoms with Gasteiger partial charge in [0, 0.05) is 19.2 Å². The third-order valence-corrected chi connectivity index (χ3v) is 1.75. The van der Waals surface area contributed by atoms with Crippen LogP contribution in [0.4, 0.5) is 8.78 Å². The van der Waals surface area contributed by atoms with Gasteiger partial charge in [0.05, 0.1) is 5.02 Å². The van der Waals surface area contributed by atoms with Crippen molar-refractivity contribution in [1.82, 2.24) is 4.98 Å². The average molecular weight is 208 g/mol. The van der Waals surface area contributed by atoms with Crippen molar-refractivity contribution in [3.8, 4) is 0 Å². The zero-order valence-corrected chi connectivity index (χ0v) is 7.43. The van der Waals surface area contributed by atoms with Crippen LogP contribution >= 0.6 is 11.6 Å². The molecule has 72 valence electrons. The molecule has 0 aliphatic rings. The van der Waals surface area contributed by atoms with Gasteiger partial charge in [0.15, 0.2) is 0 Å². The summed E-state index contributed by atoms with van der Waals surface area (Å²) in [7, 11) is 0. The number of aromatic nitrogens is 1. The lowest BCUT2D eigenvalue weighted by molar-refractivity contribution is -0.0310. The SMILES string of the molecule is OCCC(F)(F)c1ccc(Cl)cn1. The first kappa shape index (κ1) is 10.3. The number of alkyl halides is 2. The summed E-state index contributed by atoms with van der Waals surface area (Å²) in [5.74, 6) is -3.08. The number of hydrogen-bond donors (Lipinski definition) is 1. The third kappa shape index (κ3) is 2.60. The molecule has 0 amide bonds. The van der Waals surface area contributed by atoms with Crippen molar-refractivity contribution in [2.24, 2.45) is 0 Å². The van der Waals surface area contributed by atoms with Crippen LogP contribution in [0.15, 0.2) is 18.3 Å². The second kappa shape index (κ2) is 3.98. The van der Waals surface area contributed by atoms with Crippen molar-refractivity contribution >= 4 is 11.6 Å². The molecular weight excluding hydrogens is 200 g/mol. The molecule has 0 aliphatic heterocycles.